The summed E-state index contributed by atoms with van der Waals surface area (Å²) in [7, 11) is 0. The van der Waals surface area contributed by atoms with E-state index >= 15 is 0 Å². The van der Waals surface area contributed by atoms with Crippen molar-refractivity contribution in [3.05, 3.63) is 30.3 Å². The second kappa shape index (κ2) is 4.74. The number of benzene rings is 1. The number of hydrogen-bond donors (Lipinski definition) is 0. The van der Waals surface area contributed by atoms with Gasteiger partial charge in [-0.1, -0.05) is 0 Å². The van der Waals surface area contributed by atoms with E-state index in [-0.39, 0.29) is 19.8 Å². The topological polar surface area (TPSA) is 26.3 Å². The van der Waals surface area contributed by atoms with Gasteiger partial charge in [-0.25, -0.2) is 0 Å². The molecule has 1 saturated heterocycles. The molecule has 2 nitrogen and oxygen atoms in total. The molecule has 0 spiro atoms. The van der Waals surface area contributed by atoms with Crippen molar-refractivity contribution in [2.75, 3.05) is 13.2 Å². The standard InChI is InChI=1S/C11H12O2Se/c12-10-6-7-13-8-11(10)14-9-4-2-1-3-5-9/h1-5,11H,6-8H2. The zero-order valence-electron chi connectivity index (χ0n) is 7.81. The van der Waals surface area contributed by atoms with Crippen LogP contribution in [0.5, 0.6) is 0 Å². The minimum atomic E-state index is 0.138. The van der Waals surface area contributed by atoms with Crippen LogP contribution in [0, 0.1) is 0 Å². The van der Waals surface area contributed by atoms with Gasteiger partial charge in [0.1, 0.15) is 0 Å². The fourth-order valence-corrected chi connectivity index (χ4v) is 3.60. The number of Topliss-reactive ketones (excluding diaryl/α,β-unsaturated/α-hetero) is 1. The normalized spacial score (nSPS) is 22.3. The maximum absolute atomic E-state index is 11.5. The second-order valence-corrected chi connectivity index (χ2v) is 5.89. The average molecular weight is 255 g/mol. The fourth-order valence-electron chi connectivity index (χ4n) is 1.38. The van der Waals surface area contributed by atoms with Gasteiger partial charge in [-0.15, -0.1) is 0 Å². The molecule has 1 heterocycles. The van der Waals surface area contributed by atoms with Gasteiger partial charge in [-0.3, -0.25) is 0 Å². The Bertz CT molecular complexity index is 310. The molecule has 1 unspecified atom stereocenters. The molecule has 1 atom stereocenters. The quantitative estimate of drug-likeness (QED) is 0.730. The van der Waals surface area contributed by atoms with Gasteiger partial charge in [0.2, 0.25) is 0 Å². The predicted octanol–water partition coefficient (Wildman–Crippen LogP) is 0.794. The van der Waals surface area contributed by atoms with Crippen LogP contribution in [-0.4, -0.2) is 34.0 Å². The molecule has 0 aliphatic carbocycles. The van der Waals surface area contributed by atoms with Gasteiger partial charge in [0.15, 0.2) is 0 Å². The Labute approximate surface area is 89.8 Å². The second-order valence-electron chi connectivity index (χ2n) is 3.21. The Morgan fingerprint density at radius 3 is 2.79 bits per heavy atom. The molecule has 74 valence electrons. The third-order valence-corrected chi connectivity index (χ3v) is 4.72. The van der Waals surface area contributed by atoms with Crippen LogP contribution >= 0.6 is 0 Å². The first-order valence-electron chi connectivity index (χ1n) is 4.68. The van der Waals surface area contributed by atoms with Crippen LogP contribution in [0.3, 0.4) is 0 Å². The third kappa shape index (κ3) is 2.44. The molecule has 1 aromatic rings. The number of ketones is 1. The summed E-state index contributed by atoms with van der Waals surface area (Å²) in [6.45, 7) is 1.23. The van der Waals surface area contributed by atoms with Gasteiger partial charge in [-0.2, -0.15) is 0 Å². The van der Waals surface area contributed by atoms with Gasteiger partial charge in [0, 0.05) is 0 Å². The van der Waals surface area contributed by atoms with E-state index < -0.39 is 0 Å². The average Bonchev–Trinajstić information content (AvgIpc) is 2.23. The van der Waals surface area contributed by atoms with Gasteiger partial charge in [0.25, 0.3) is 0 Å². The van der Waals surface area contributed by atoms with Gasteiger partial charge in [-0.05, 0) is 0 Å². The van der Waals surface area contributed by atoms with E-state index in [1.54, 1.807) is 0 Å². The van der Waals surface area contributed by atoms with Crippen molar-refractivity contribution in [2.24, 2.45) is 0 Å². The molecule has 0 saturated carbocycles. The SMILES string of the molecule is O=C1CCOCC1[Se]c1ccccc1. The molecule has 0 aromatic heterocycles. The number of ether oxygens (including phenoxy) is 1. The summed E-state index contributed by atoms with van der Waals surface area (Å²) in [5.41, 5.74) is 0. The molecule has 0 bridgehead atoms. The van der Waals surface area contributed by atoms with Crippen LogP contribution in [0.1, 0.15) is 6.42 Å². The molecule has 0 amide bonds. The number of carbonyl (C=O) groups is 1. The minimum absolute atomic E-state index is 0.138. The molecule has 0 N–H and O–H groups in total. The summed E-state index contributed by atoms with van der Waals surface area (Å²) < 4.78 is 6.60. The molecule has 2 rings (SSSR count). The zero-order valence-corrected chi connectivity index (χ0v) is 9.52. The number of hydrogen-bond acceptors (Lipinski definition) is 2. The van der Waals surface area contributed by atoms with E-state index in [4.69, 9.17) is 4.74 Å². The Morgan fingerprint density at radius 1 is 1.29 bits per heavy atom. The molecule has 1 fully saturated rings. The molecule has 1 aliphatic rings. The summed E-state index contributed by atoms with van der Waals surface area (Å²) in [5, 5.41) is 0. The molecular formula is C11H12O2Se. The van der Waals surface area contributed by atoms with E-state index in [9.17, 15) is 4.79 Å². The molecule has 0 radical (unpaired) electrons. The van der Waals surface area contributed by atoms with E-state index in [2.05, 4.69) is 12.1 Å². The van der Waals surface area contributed by atoms with Crippen molar-refractivity contribution in [3.63, 3.8) is 0 Å². The predicted molar refractivity (Wildman–Crippen MR) is 56.0 cm³/mol. The van der Waals surface area contributed by atoms with Crippen molar-refractivity contribution in [1.29, 1.82) is 0 Å². The van der Waals surface area contributed by atoms with Gasteiger partial charge in [0.05, 0.1) is 0 Å². The Balaban J connectivity index is 2.00. The van der Waals surface area contributed by atoms with Gasteiger partial charge >= 0.3 is 89.5 Å². The molecule has 1 aliphatic heterocycles. The molecule has 3 heteroatoms. The molecular weight excluding hydrogens is 243 g/mol. The van der Waals surface area contributed by atoms with Crippen LogP contribution in [0.25, 0.3) is 0 Å². The van der Waals surface area contributed by atoms with Crippen molar-refractivity contribution < 1.29 is 9.53 Å². The Hall–Kier alpha value is -0.631. The first-order chi connectivity index (χ1) is 6.86. The van der Waals surface area contributed by atoms with Gasteiger partial charge < -0.3 is 0 Å². The molecule has 1 aromatic carbocycles. The summed E-state index contributed by atoms with van der Waals surface area (Å²) >= 11 is 0.235. The van der Waals surface area contributed by atoms with Crippen LogP contribution in [-0.2, 0) is 9.53 Å². The van der Waals surface area contributed by atoms with Crippen LogP contribution in [0.4, 0.5) is 0 Å². The fraction of sp³-hybridized carbons (Fsp3) is 0.364. The van der Waals surface area contributed by atoms with Crippen molar-refractivity contribution in [2.45, 2.75) is 11.2 Å². The van der Waals surface area contributed by atoms with Crippen LogP contribution < -0.4 is 4.46 Å². The number of carbonyl (C=O) groups excluding carboxylic acids is 1. The van der Waals surface area contributed by atoms with Crippen LogP contribution in [0.2, 0.25) is 4.82 Å². The van der Waals surface area contributed by atoms with E-state index in [1.165, 1.54) is 4.46 Å². The van der Waals surface area contributed by atoms with E-state index in [0.717, 1.165) is 0 Å². The molecule has 14 heavy (non-hydrogen) atoms. The van der Waals surface area contributed by atoms with Crippen molar-refractivity contribution in [3.8, 4) is 0 Å². The monoisotopic (exact) mass is 256 g/mol. The van der Waals surface area contributed by atoms with Crippen molar-refractivity contribution in [1.82, 2.24) is 0 Å². The Morgan fingerprint density at radius 2 is 2.07 bits per heavy atom. The maximum atomic E-state index is 11.5. The first kappa shape index (κ1) is 9.91. The first-order valence-corrected chi connectivity index (χ1v) is 6.53. The summed E-state index contributed by atoms with van der Waals surface area (Å²) in [4.78, 5) is 11.7. The zero-order chi connectivity index (χ0) is 9.80. The van der Waals surface area contributed by atoms with E-state index in [1.807, 2.05) is 18.2 Å². The van der Waals surface area contributed by atoms with E-state index in [0.29, 0.717) is 25.4 Å². The summed E-state index contributed by atoms with van der Waals surface area (Å²) in [6.07, 6.45) is 0.596. The number of rotatable bonds is 2. The Kier molecular flexibility index (Phi) is 3.35. The summed E-state index contributed by atoms with van der Waals surface area (Å²) in [5.74, 6) is 0.375. The van der Waals surface area contributed by atoms with Crippen molar-refractivity contribution >= 4 is 25.2 Å². The summed E-state index contributed by atoms with van der Waals surface area (Å²) in [6, 6.07) is 10.2. The third-order valence-electron chi connectivity index (χ3n) is 2.14. The van der Waals surface area contributed by atoms with Crippen LogP contribution in [0.15, 0.2) is 30.3 Å².